The molecule has 148 valence electrons. The molecular weight excluding hydrogens is 330 g/mol. The quantitative estimate of drug-likeness (QED) is 0.503. The summed E-state index contributed by atoms with van der Waals surface area (Å²) in [5.41, 5.74) is 0. The predicted octanol–water partition coefficient (Wildman–Crippen LogP) is 1.34. The second-order valence-corrected chi connectivity index (χ2v) is 7.13. The fourth-order valence-electron chi connectivity index (χ4n) is 3.80. The minimum Gasteiger partial charge on any atom is -0.357 e. The lowest BCUT2D eigenvalue weighted by Crippen LogP contribution is -2.45. The van der Waals surface area contributed by atoms with Crippen LogP contribution < -0.4 is 10.6 Å². The first kappa shape index (κ1) is 20.5. The lowest BCUT2D eigenvalue weighted by atomic mass is 10.1. The Morgan fingerprint density at radius 2 is 2.12 bits per heavy atom. The topological polar surface area (TPSA) is 77.0 Å². The molecule has 2 fully saturated rings. The Balaban J connectivity index is 1.84. The Bertz CT molecular complexity index is 508. The van der Waals surface area contributed by atoms with Crippen molar-refractivity contribution in [2.45, 2.75) is 71.4 Å². The predicted molar refractivity (Wildman–Crippen MR) is 104 cm³/mol. The molecule has 26 heavy (non-hydrogen) atoms. The second kappa shape index (κ2) is 10.4. The highest BCUT2D eigenvalue weighted by molar-refractivity contribution is 5.81. The second-order valence-electron chi connectivity index (χ2n) is 7.13. The van der Waals surface area contributed by atoms with Crippen molar-refractivity contribution < 1.29 is 9.59 Å². The molecule has 2 aliphatic rings. The highest BCUT2D eigenvalue weighted by atomic mass is 16.2. The average molecular weight is 366 g/mol. The molecule has 0 aromatic carbocycles. The molecule has 0 aliphatic carbocycles. The Hall–Kier alpha value is -1.79. The number of likely N-dealkylation sites (tertiary alicyclic amines) is 2. The third-order valence-electron chi connectivity index (χ3n) is 5.28. The van der Waals surface area contributed by atoms with Crippen LogP contribution in [0.2, 0.25) is 0 Å². The largest absolute Gasteiger partial charge is 0.357 e. The average Bonchev–Trinajstić information content (AvgIpc) is 3.27. The van der Waals surface area contributed by atoms with E-state index >= 15 is 0 Å². The molecule has 2 N–H and O–H groups in total. The van der Waals surface area contributed by atoms with E-state index in [9.17, 15) is 9.59 Å². The monoisotopic (exact) mass is 365 g/mol. The van der Waals surface area contributed by atoms with Gasteiger partial charge in [0.25, 0.3) is 0 Å². The molecule has 0 bridgehead atoms. The number of hydrogen-bond donors (Lipinski definition) is 2. The third-order valence-corrected chi connectivity index (χ3v) is 5.28. The van der Waals surface area contributed by atoms with Crippen molar-refractivity contribution in [3.63, 3.8) is 0 Å². The van der Waals surface area contributed by atoms with Gasteiger partial charge in [-0.05, 0) is 32.6 Å². The maximum Gasteiger partial charge on any atom is 0.222 e. The fraction of sp³-hybridized carbons (Fsp3) is 0.842. The highest BCUT2D eigenvalue weighted by Crippen LogP contribution is 2.18. The lowest BCUT2D eigenvalue weighted by molar-refractivity contribution is -0.130. The first-order valence-corrected chi connectivity index (χ1v) is 10.2. The third kappa shape index (κ3) is 5.61. The maximum absolute atomic E-state index is 11.9. The zero-order chi connectivity index (χ0) is 18.9. The smallest absolute Gasteiger partial charge is 0.222 e. The minimum atomic E-state index is 0.220. The summed E-state index contributed by atoms with van der Waals surface area (Å²) < 4.78 is 0. The van der Waals surface area contributed by atoms with Gasteiger partial charge in [-0.25, -0.2) is 0 Å². The number of guanidine groups is 1. The number of rotatable bonds is 8. The van der Waals surface area contributed by atoms with Crippen molar-refractivity contribution in [1.29, 1.82) is 0 Å². The van der Waals surface area contributed by atoms with Crippen LogP contribution in [0, 0.1) is 0 Å². The van der Waals surface area contributed by atoms with Crippen LogP contribution >= 0.6 is 0 Å². The van der Waals surface area contributed by atoms with Gasteiger partial charge in [-0.1, -0.05) is 13.8 Å². The zero-order valence-corrected chi connectivity index (χ0v) is 16.6. The van der Waals surface area contributed by atoms with Crippen molar-refractivity contribution in [3.05, 3.63) is 0 Å². The van der Waals surface area contributed by atoms with E-state index in [0.717, 1.165) is 57.8 Å². The van der Waals surface area contributed by atoms with Crippen LogP contribution in [0.25, 0.3) is 0 Å². The summed E-state index contributed by atoms with van der Waals surface area (Å²) in [7, 11) is 0. The van der Waals surface area contributed by atoms with Gasteiger partial charge in [0.05, 0.1) is 0 Å². The van der Waals surface area contributed by atoms with Crippen LogP contribution in [0.5, 0.6) is 0 Å². The van der Waals surface area contributed by atoms with E-state index in [-0.39, 0.29) is 17.9 Å². The van der Waals surface area contributed by atoms with Crippen LogP contribution in [-0.4, -0.2) is 72.4 Å². The molecule has 2 heterocycles. The fourth-order valence-corrected chi connectivity index (χ4v) is 3.80. The van der Waals surface area contributed by atoms with E-state index in [4.69, 9.17) is 4.99 Å². The van der Waals surface area contributed by atoms with Gasteiger partial charge in [-0.2, -0.15) is 0 Å². The van der Waals surface area contributed by atoms with Gasteiger partial charge in [0.15, 0.2) is 5.96 Å². The Morgan fingerprint density at radius 1 is 1.31 bits per heavy atom. The first-order valence-electron chi connectivity index (χ1n) is 10.2. The Labute approximate surface area is 157 Å². The molecule has 0 aromatic heterocycles. The molecule has 2 atom stereocenters. The number of nitrogens with zero attached hydrogens (tertiary/aromatic N) is 3. The number of aliphatic imine (C=N–C) groups is 1. The van der Waals surface area contributed by atoms with Crippen molar-refractivity contribution in [2.24, 2.45) is 4.99 Å². The summed E-state index contributed by atoms with van der Waals surface area (Å²) in [6.07, 6.45) is 5.06. The summed E-state index contributed by atoms with van der Waals surface area (Å²) in [6.45, 7) is 10.1. The number of hydrogen-bond acceptors (Lipinski definition) is 3. The normalized spacial score (nSPS) is 22.0. The molecule has 0 spiro atoms. The zero-order valence-electron chi connectivity index (χ0n) is 16.6. The van der Waals surface area contributed by atoms with Crippen LogP contribution in [0.15, 0.2) is 4.99 Å². The van der Waals surface area contributed by atoms with E-state index < -0.39 is 0 Å². The summed E-state index contributed by atoms with van der Waals surface area (Å²) in [5.74, 6) is 1.32. The summed E-state index contributed by atoms with van der Waals surface area (Å²) in [6, 6.07) is 0.547. The van der Waals surface area contributed by atoms with Gasteiger partial charge in [0.2, 0.25) is 11.8 Å². The number of nitrogens with one attached hydrogen (secondary N) is 2. The number of carbonyl (C=O) groups excluding carboxylic acids is 2. The van der Waals surface area contributed by atoms with Crippen LogP contribution in [-0.2, 0) is 9.59 Å². The van der Waals surface area contributed by atoms with Crippen LogP contribution in [0.4, 0.5) is 0 Å². The van der Waals surface area contributed by atoms with Crippen molar-refractivity contribution >= 4 is 17.8 Å². The summed E-state index contributed by atoms with van der Waals surface area (Å²) >= 11 is 0. The van der Waals surface area contributed by atoms with Gasteiger partial charge < -0.3 is 20.4 Å². The Kier molecular flexibility index (Phi) is 8.19. The summed E-state index contributed by atoms with van der Waals surface area (Å²) in [4.78, 5) is 32.4. The minimum absolute atomic E-state index is 0.220. The molecule has 0 saturated carbocycles. The van der Waals surface area contributed by atoms with Crippen molar-refractivity contribution in [3.8, 4) is 0 Å². The number of carbonyl (C=O) groups is 2. The van der Waals surface area contributed by atoms with Crippen LogP contribution in [0.1, 0.15) is 59.3 Å². The van der Waals surface area contributed by atoms with Gasteiger partial charge >= 0.3 is 0 Å². The van der Waals surface area contributed by atoms with Gasteiger partial charge in [-0.3, -0.25) is 14.6 Å². The SMILES string of the molecule is CCNC(=NCCC(CC)N1CCCC1=O)NC1CCN(C(=O)CC)C1. The van der Waals surface area contributed by atoms with Crippen LogP contribution in [0.3, 0.4) is 0 Å². The van der Waals surface area contributed by atoms with E-state index in [1.165, 1.54) is 0 Å². The highest BCUT2D eigenvalue weighted by Gasteiger charge is 2.27. The summed E-state index contributed by atoms with van der Waals surface area (Å²) in [5, 5.41) is 6.75. The maximum atomic E-state index is 11.9. The first-order chi connectivity index (χ1) is 12.6. The van der Waals surface area contributed by atoms with E-state index in [1.54, 1.807) is 0 Å². The molecule has 2 unspecified atom stereocenters. The molecule has 2 saturated heterocycles. The molecule has 7 heteroatoms. The number of amides is 2. The molecule has 0 radical (unpaired) electrons. The Morgan fingerprint density at radius 3 is 2.73 bits per heavy atom. The van der Waals surface area contributed by atoms with Gasteiger partial charge in [0, 0.05) is 57.6 Å². The van der Waals surface area contributed by atoms with E-state index in [0.29, 0.717) is 25.4 Å². The molecule has 0 aromatic rings. The van der Waals surface area contributed by atoms with E-state index in [2.05, 4.69) is 24.5 Å². The standard InChI is InChI=1S/C19H35N5O2/c1-4-16(24-12-7-8-18(24)26)9-11-21-19(20-6-3)22-15-10-13-23(14-15)17(25)5-2/h15-16H,4-14H2,1-3H3,(H2,20,21,22). The molecule has 2 rings (SSSR count). The lowest BCUT2D eigenvalue weighted by Gasteiger charge is -2.26. The molecule has 2 aliphatic heterocycles. The van der Waals surface area contributed by atoms with Crippen molar-refractivity contribution in [1.82, 2.24) is 20.4 Å². The molecule has 7 nitrogen and oxygen atoms in total. The van der Waals surface area contributed by atoms with Gasteiger partial charge in [-0.15, -0.1) is 0 Å². The van der Waals surface area contributed by atoms with Crippen molar-refractivity contribution in [2.75, 3.05) is 32.7 Å². The molecular formula is C19H35N5O2. The van der Waals surface area contributed by atoms with E-state index in [1.807, 2.05) is 16.7 Å². The van der Waals surface area contributed by atoms with Gasteiger partial charge in [0.1, 0.15) is 0 Å². The molecule has 2 amide bonds.